The van der Waals surface area contributed by atoms with Crippen LogP contribution in [0.3, 0.4) is 0 Å². The molecule has 0 aliphatic carbocycles. The topological polar surface area (TPSA) is 26.0 Å². The van der Waals surface area contributed by atoms with Crippen molar-refractivity contribution >= 4 is 5.69 Å². The maximum absolute atomic E-state index is 12.8. The summed E-state index contributed by atoms with van der Waals surface area (Å²) in [5.41, 5.74) is 6.54. The summed E-state index contributed by atoms with van der Waals surface area (Å²) in [6.07, 6.45) is 0.714. The maximum atomic E-state index is 12.8. The number of rotatable bonds is 1. The Morgan fingerprint density at radius 3 is 2.70 bits per heavy atom. The lowest BCUT2D eigenvalue weighted by molar-refractivity contribution is 0.613. The quantitative estimate of drug-likeness (QED) is 0.591. The summed E-state index contributed by atoms with van der Waals surface area (Å²) in [5.74, 6) is -0.206. The third-order valence-electron chi connectivity index (χ3n) is 1.46. The van der Waals surface area contributed by atoms with Crippen LogP contribution in [-0.4, -0.2) is 0 Å². The van der Waals surface area contributed by atoms with Gasteiger partial charge in [-0.25, -0.2) is 4.39 Å². The molecular formula is C8H10FN. The molecule has 0 radical (unpaired) electrons. The van der Waals surface area contributed by atoms with Gasteiger partial charge >= 0.3 is 0 Å². The minimum Gasteiger partial charge on any atom is -0.399 e. The molecule has 54 valence electrons. The third kappa shape index (κ3) is 1.26. The first-order valence-electron chi connectivity index (χ1n) is 3.28. The molecule has 2 N–H and O–H groups in total. The standard InChI is InChI=1S/C8H10FN/c1-2-6-3-4-7(10)5-8(6)9/h3-5H,2,10H2,1H3. The Morgan fingerprint density at radius 1 is 1.50 bits per heavy atom. The van der Waals surface area contributed by atoms with Crippen LogP contribution in [-0.2, 0) is 6.42 Å². The van der Waals surface area contributed by atoms with E-state index in [1.807, 2.05) is 6.92 Å². The molecule has 1 aromatic rings. The molecule has 1 nitrogen and oxygen atoms in total. The monoisotopic (exact) mass is 139 g/mol. The van der Waals surface area contributed by atoms with E-state index in [0.717, 1.165) is 0 Å². The number of halogens is 1. The Morgan fingerprint density at radius 2 is 2.20 bits per heavy atom. The van der Waals surface area contributed by atoms with Crippen LogP contribution < -0.4 is 5.73 Å². The summed E-state index contributed by atoms with van der Waals surface area (Å²) >= 11 is 0. The summed E-state index contributed by atoms with van der Waals surface area (Å²) in [7, 11) is 0. The predicted octanol–water partition coefficient (Wildman–Crippen LogP) is 1.97. The van der Waals surface area contributed by atoms with E-state index >= 15 is 0 Å². The van der Waals surface area contributed by atoms with Gasteiger partial charge in [0.05, 0.1) is 0 Å². The second-order valence-electron chi connectivity index (χ2n) is 2.20. The van der Waals surface area contributed by atoms with Crippen LogP contribution in [0.4, 0.5) is 10.1 Å². The zero-order valence-corrected chi connectivity index (χ0v) is 5.89. The van der Waals surface area contributed by atoms with E-state index in [1.54, 1.807) is 12.1 Å². The molecule has 10 heavy (non-hydrogen) atoms. The molecule has 0 aliphatic rings. The van der Waals surface area contributed by atoms with Crippen molar-refractivity contribution in [1.29, 1.82) is 0 Å². The van der Waals surface area contributed by atoms with E-state index in [-0.39, 0.29) is 5.82 Å². The second kappa shape index (κ2) is 2.69. The highest BCUT2D eigenvalue weighted by Gasteiger charge is 1.97. The number of anilines is 1. The van der Waals surface area contributed by atoms with Gasteiger partial charge in [-0.15, -0.1) is 0 Å². The van der Waals surface area contributed by atoms with Crippen molar-refractivity contribution in [3.63, 3.8) is 0 Å². The molecule has 0 amide bonds. The van der Waals surface area contributed by atoms with Gasteiger partial charge in [0.15, 0.2) is 0 Å². The molecule has 0 aromatic heterocycles. The maximum Gasteiger partial charge on any atom is 0.128 e. The number of nitrogens with two attached hydrogens (primary N) is 1. The van der Waals surface area contributed by atoms with Crippen molar-refractivity contribution in [3.05, 3.63) is 29.6 Å². The first-order chi connectivity index (χ1) is 4.74. The molecule has 0 aliphatic heterocycles. The largest absolute Gasteiger partial charge is 0.399 e. The van der Waals surface area contributed by atoms with Gasteiger partial charge < -0.3 is 5.73 Å². The van der Waals surface area contributed by atoms with Crippen molar-refractivity contribution in [2.45, 2.75) is 13.3 Å². The molecule has 0 fully saturated rings. The zero-order valence-electron chi connectivity index (χ0n) is 5.89. The molecule has 0 unspecified atom stereocenters. The van der Waals surface area contributed by atoms with Gasteiger partial charge in [0, 0.05) is 5.69 Å². The Kier molecular flexibility index (Phi) is 1.90. The highest BCUT2D eigenvalue weighted by Crippen LogP contribution is 2.11. The van der Waals surface area contributed by atoms with E-state index in [2.05, 4.69) is 0 Å². The Bertz CT molecular complexity index is 233. The van der Waals surface area contributed by atoms with Crippen molar-refractivity contribution in [2.75, 3.05) is 5.73 Å². The summed E-state index contributed by atoms with van der Waals surface area (Å²) in [4.78, 5) is 0. The van der Waals surface area contributed by atoms with Crippen molar-refractivity contribution in [2.24, 2.45) is 0 Å². The Balaban J connectivity index is 3.07. The van der Waals surface area contributed by atoms with E-state index in [0.29, 0.717) is 17.7 Å². The van der Waals surface area contributed by atoms with Crippen LogP contribution in [0.15, 0.2) is 18.2 Å². The van der Waals surface area contributed by atoms with Gasteiger partial charge in [-0.3, -0.25) is 0 Å². The van der Waals surface area contributed by atoms with Crippen molar-refractivity contribution in [3.8, 4) is 0 Å². The highest BCUT2D eigenvalue weighted by molar-refractivity contribution is 5.40. The molecule has 0 saturated heterocycles. The van der Waals surface area contributed by atoms with E-state index in [4.69, 9.17) is 5.73 Å². The fourth-order valence-corrected chi connectivity index (χ4v) is 0.850. The number of aryl methyl sites for hydroxylation is 1. The molecule has 1 rings (SSSR count). The minimum atomic E-state index is -0.206. The van der Waals surface area contributed by atoms with Crippen LogP contribution >= 0.6 is 0 Å². The summed E-state index contributed by atoms with van der Waals surface area (Å²) in [5, 5.41) is 0. The van der Waals surface area contributed by atoms with Gasteiger partial charge in [-0.1, -0.05) is 13.0 Å². The number of hydrogen-bond donors (Lipinski definition) is 1. The van der Waals surface area contributed by atoms with Crippen LogP contribution in [0.2, 0.25) is 0 Å². The zero-order chi connectivity index (χ0) is 7.56. The lowest BCUT2D eigenvalue weighted by Gasteiger charge is -1.98. The molecule has 0 heterocycles. The molecule has 2 heteroatoms. The smallest absolute Gasteiger partial charge is 0.128 e. The lowest BCUT2D eigenvalue weighted by atomic mass is 10.1. The first-order valence-corrected chi connectivity index (χ1v) is 3.28. The molecule has 1 aromatic carbocycles. The molecule has 0 bridgehead atoms. The summed E-state index contributed by atoms with van der Waals surface area (Å²) in [6.45, 7) is 1.91. The predicted molar refractivity (Wildman–Crippen MR) is 40.2 cm³/mol. The fraction of sp³-hybridized carbons (Fsp3) is 0.250. The normalized spacial score (nSPS) is 9.80. The lowest BCUT2D eigenvalue weighted by Crippen LogP contribution is -1.90. The second-order valence-corrected chi connectivity index (χ2v) is 2.20. The average Bonchev–Trinajstić information content (AvgIpc) is 1.88. The van der Waals surface area contributed by atoms with Crippen LogP contribution in [0.5, 0.6) is 0 Å². The SMILES string of the molecule is CCc1ccc(N)cc1F. The van der Waals surface area contributed by atoms with Gasteiger partial charge in [-0.05, 0) is 24.1 Å². The fourth-order valence-electron chi connectivity index (χ4n) is 0.850. The summed E-state index contributed by atoms with van der Waals surface area (Å²) < 4.78 is 12.8. The van der Waals surface area contributed by atoms with Gasteiger partial charge in [0.2, 0.25) is 0 Å². The Labute approximate surface area is 59.7 Å². The summed E-state index contributed by atoms with van der Waals surface area (Å²) in [6, 6.07) is 4.77. The third-order valence-corrected chi connectivity index (χ3v) is 1.46. The average molecular weight is 139 g/mol. The molecule has 0 saturated carbocycles. The van der Waals surface area contributed by atoms with Gasteiger partial charge in [0.1, 0.15) is 5.82 Å². The van der Waals surface area contributed by atoms with E-state index < -0.39 is 0 Å². The van der Waals surface area contributed by atoms with E-state index in [1.165, 1.54) is 6.07 Å². The van der Waals surface area contributed by atoms with Crippen LogP contribution in [0.1, 0.15) is 12.5 Å². The molecular weight excluding hydrogens is 129 g/mol. The number of hydrogen-bond acceptors (Lipinski definition) is 1. The Hall–Kier alpha value is -1.05. The van der Waals surface area contributed by atoms with Crippen molar-refractivity contribution in [1.82, 2.24) is 0 Å². The van der Waals surface area contributed by atoms with Gasteiger partial charge in [-0.2, -0.15) is 0 Å². The van der Waals surface area contributed by atoms with Gasteiger partial charge in [0.25, 0.3) is 0 Å². The molecule has 0 spiro atoms. The van der Waals surface area contributed by atoms with E-state index in [9.17, 15) is 4.39 Å². The minimum absolute atomic E-state index is 0.206. The van der Waals surface area contributed by atoms with Crippen LogP contribution in [0.25, 0.3) is 0 Å². The highest BCUT2D eigenvalue weighted by atomic mass is 19.1. The number of benzene rings is 1. The molecule has 0 atom stereocenters. The first kappa shape index (κ1) is 7.06. The van der Waals surface area contributed by atoms with Crippen molar-refractivity contribution < 1.29 is 4.39 Å². The number of nitrogen functional groups attached to an aromatic ring is 1. The van der Waals surface area contributed by atoms with Crippen LogP contribution in [0, 0.1) is 5.82 Å².